The highest BCUT2D eigenvalue weighted by atomic mass is 19.1. The number of urea groups is 1. The molecule has 0 unspecified atom stereocenters. The maximum absolute atomic E-state index is 14.6. The second-order valence-corrected chi connectivity index (χ2v) is 7.63. The summed E-state index contributed by atoms with van der Waals surface area (Å²) in [6.45, 7) is 3.71. The van der Waals surface area contributed by atoms with Gasteiger partial charge >= 0.3 is 12.0 Å². The third-order valence-corrected chi connectivity index (χ3v) is 4.74. The first-order valence-electron chi connectivity index (χ1n) is 10.6. The van der Waals surface area contributed by atoms with Crippen molar-refractivity contribution in [3.8, 4) is 28.8 Å². The number of ether oxygens (including phenoxy) is 2. The number of rotatable bonds is 7. The summed E-state index contributed by atoms with van der Waals surface area (Å²) in [6.07, 6.45) is -0.154. The molecule has 174 valence electrons. The molecule has 4 rings (SSSR count). The largest absolute Gasteiger partial charge is 0.497 e. The number of aromatic nitrogens is 3. The molecule has 1 heterocycles. The van der Waals surface area contributed by atoms with Gasteiger partial charge in [-0.05, 0) is 68.4 Å². The number of carbonyl (C=O) groups is 1. The smallest absolute Gasteiger partial charge is 0.336 e. The van der Waals surface area contributed by atoms with E-state index < -0.39 is 11.8 Å². The molecule has 3 aromatic carbocycles. The molecule has 0 radical (unpaired) electrons. The molecule has 34 heavy (non-hydrogen) atoms. The minimum Gasteiger partial charge on any atom is -0.497 e. The molecule has 0 aliphatic heterocycles. The zero-order chi connectivity index (χ0) is 24.1. The lowest BCUT2D eigenvalue weighted by Gasteiger charge is -2.11. The van der Waals surface area contributed by atoms with Crippen molar-refractivity contribution in [2.24, 2.45) is 0 Å². The van der Waals surface area contributed by atoms with Crippen LogP contribution in [0.4, 0.5) is 20.6 Å². The standard InChI is InChI=1S/C25H24FN5O3/c1-16(2)34-25-29-23(21-9-4-5-10-22(21)26)31(30-25)19-8-6-7-18(15-19)28-24(32)27-17-11-13-20(33-3)14-12-17/h4-16H,1-3H3,(H2,27,28,32). The molecule has 2 amide bonds. The Morgan fingerprint density at radius 1 is 0.971 bits per heavy atom. The van der Waals surface area contributed by atoms with Crippen molar-refractivity contribution in [2.45, 2.75) is 20.0 Å². The van der Waals surface area contributed by atoms with Crippen LogP contribution in [0.25, 0.3) is 17.1 Å². The zero-order valence-corrected chi connectivity index (χ0v) is 18.9. The van der Waals surface area contributed by atoms with Gasteiger partial charge < -0.3 is 20.1 Å². The molecular formula is C25H24FN5O3. The number of benzene rings is 3. The van der Waals surface area contributed by atoms with Crippen LogP contribution in [0, 0.1) is 5.82 Å². The maximum Gasteiger partial charge on any atom is 0.336 e. The highest BCUT2D eigenvalue weighted by Gasteiger charge is 2.18. The van der Waals surface area contributed by atoms with E-state index in [1.807, 2.05) is 13.8 Å². The molecule has 0 saturated heterocycles. The Morgan fingerprint density at radius 3 is 2.41 bits per heavy atom. The normalized spacial score (nSPS) is 10.7. The Bertz CT molecular complexity index is 1290. The van der Waals surface area contributed by atoms with Crippen LogP contribution in [0.1, 0.15) is 13.8 Å². The lowest BCUT2D eigenvalue weighted by Crippen LogP contribution is -2.19. The van der Waals surface area contributed by atoms with Crippen molar-refractivity contribution in [3.63, 3.8) is 0 Å². The first kappa shape index (κ1) is 22.8. The highest BCUT2D eigenvalue weighted by molar-refractivity contribution is 5.99. The van der Waals surface area contributed by atoms with Crippen molar-refractivity contribution in [3.05, 3.63) is 78.6 Å². The minimum atomic E-state index is -0.430. The summed E-state index contributed by atoms with van der Waals surface area (Å²) in [5.41, 5.74) is 1.99. The van der Waals surface area contributed by atoms with Crippen LogP contribution in [0.2, 0.25) is 0 Å². The van der Waals surface area contributed by atoms with Gasteiger partial charge in [0.1, 0.15) is 11.6 Å². The number of amides is 2. The van der Waals surface area contributed by atoms with Gasteiger partial charge in [0, 0.05) is 11.4 Å². The first-order chi connectivity index (χ1) is 16.4. The van der Waals surface area contributed by atoms with Gasteiger partial charge in [-0.2, -0.15) is 4.98 Å². The predicted octanol–water partition coefficient (Wildman–Crippen LogP) is 5.51. The number of hydrogen-bond acceptors (Lipinski definition) is 5. The van der Waals surface area contributed by atoms with Crippen molar-refractivity contribution in [1.82, 2.24) is 14.8 Å². The van der Waals surface area contributed by atoms with Crippen LogP contribution < -0.4 is 20.1 Å². The van der Waals surface area contributed by atoms with E-state index in [0.717, 1.165) is 0 Å². The Kier molecular flexibility index (Phi) is 6.72. The summed E-state index contributed by atoms with van der Waals surface area (Å²) in [4.78, 5) is 16.9. The number of nitrogens with one attached hydrogen (secondary N) is 2. The quantitative estimate of drug-likeness (QED) is 0.379. The SMILES string of the molecule is COc1ccc(NC(=O)Nc2cccc(-n3nc(OC(C)C)nc3-c3ccccc3F)c2)cc1. The summed E-state index contributed by atoms with van der Waals surface area (Å²) in [7, 11) is 1.58. The second-order valence-electron chi connectivity index (χ2n) is 7.63. The Balaban J connectivity index is 1.60. The molecule has 0 spiro atoms. The fourth-order valence-corrected chi connectivity index (χ4v) is 3.23. The third kappa shape index (κ3) is 5.32. The van der Waals surface area contributed by atoms with E-state index in [9.17, 15) is 9.18 Å². The highest BCUT2D eigenvalue weighted by Crippen LogP contribution is 2.27. The van der Waals surface area contributed by atoms with Crippen LogP contribution >= 0.6 is 0 Å². The van der Waals surface area contributed by atoms with Crippen molar-refractivity contribution >= 4 is 17.4 Å². The van der Waals surface area contributed by atoms with Gasteiger partial charge in [-0.1, -0.05) is 18.2 Å². The van der Waals surface area contributed by atoms with Crippen LogP contribution in [-0.2, 0) is 0 Å². The number of anilines is 2. The number of carbonyl (C=O) groups excluding carboxylic acids is 1. The monoisotopic (exact) mass is 461 g/mol. The van der Waals surface area contributed by atoms with E-state index in [1.54, 1.807) is 73.8 Å². The average molecular weight is 461 g/mol. The topological polar surface area (TPSA) is 90.3 Å². The van der Waals surface area contributed by atoms with Gasteiger partial charge in [0.05, 0.1) is 24.5 Å². The molecule has 0 atom stereocenters. The second kappa shape index (κ2) is 10.0. The van der Waals surface area contributed by atoms with Gasteiger partial charge in [0.2, 0.25) is 0 Å². The first-order valence-corrected chi connectivity index (χ1v) is 10.6. The molecule has 4 aromatic rings. The fraction of sp³-hybridized carbons (Fsp3) is 0.160. The van der Waals surface area contributed by atoms with Crippen LogP contribution in [-0.4, -0.2) is 34.0 Å². The molecule has 9 heteroatoms. The summed E-state index contributed by atoms with van der Waals surface area (Å²) in [5, 5.41) is 9.97. The predicted molar refractivity (Wildman–Crippen MR) is 128 cm³/mol. The van der Waals surface area contributed by atoms with Gasteiger partial charge in [-0.3, -0.25) is 0 Å². The maximum atomic E-state index is 14.6. The van der Waals surface area contributed by atoms with Gasteiger partial charge in [-0.25, -0.2) is 13.9 Å². The van der Waals surface area contributed by atoms with Gasteiger partial charge in [0.15, 0.2) is 5.82 Å². The molecule has 1 aromatic heterocycles. The fourth-order valence-electron chi connectivity index (χ4n) is 3.23. The lowest BCUT2D eigenvalue weighted by molar-refractivity contribution is 0.222. The summed E-state index contributed by atoms with van der Waals surface area (Å²) in [6, 6.07) is 20.0. The molecule has 0 fully saturated rings. The molecule has 2 N–H and O–H groups in total. The lowest BCUT2D eigenvalue weighted by atomic mass is 10.2. The summed E-state index contributed by atoms with van der Waals surface area (Å²) in [5.74, 6) is 0.548. The molecule has 0 bridgehead atoms. The zero-order valence-electron chi connectivity index (χ0n) is 18.9. The molecule has 0 saturated carbocycles. The average Bonchev–Trinajstić information content (AvgIpc) is 3.23. The van der Waals surface area contributed by atoms with Crippen LogP contribution in [0.3, 0.4) is 0 Å². The van der Waals surface area contributed by atoms with Crippen molar-refractivity contribution in [2.75, 3.05) is 17.7 Å². The van der Waals surface area contributed by atoms with E-state index in [0.29, 0.717) is 22.8 Å². The van der Waals surface area contributed by atoms with Crippen molar-refractivity contribution < 1.29 is 18.7 Å². The number of hydrogen-bond donors (Lipinski definition) is 2. The molecule has 0 aliphatic carbocycles. The van der Waals surface area contributed by atoms with Crippen LogP contribution in [0.15, 0.2) is 72.8 Å². The summed E-state index contributed by atoms with van der Waals surface area (Å²) < 4.78 is 26.8. The minimum absolute atomic E-state index is 0.129. The van der Waals surface area contributed by atoms with Crippen molar-refractivity contribution in [1.29, 1.82) is 0 Å². The number of methoxy groups -OCH3 is 1. The van der Waals surface area contributed by atoms with E-state index in [-0.39, 0.29) is 23.5 Å². The number of halogens is 1. The Hall–Kier alpha value is -4.40. The molecule has 0 aliphatic rings. The van der Waals surface area contributed by atoms with E-state index in [4.69, 9.17) is 9.47 Å². The number of nitrogens with zero attached hydrogens (tertiary/aromatic N) is 3. The van der Waals surface area contributed by atoms with Crippen LogP contribution in [0.5, 0.6) is 11.8 Å². The van der Waals surface area contributed by atoms with E-state index >= 15 is 0 Å². The Morgan fingerprint density at radius 2 is 1.71 bits per heavy atom. The van der Waals surface area contributed by atoms with Gasteiger partial charge in [-0.15, -0.1) is 5.10 Å². The van der Waals surface area contributed by atoms with Gasteiger partial charge in [0.25, 0.3) is 0 Å². The van der Waals surface area contributed by atoms with E-state index in [1.165, 1.54) is 10.7 Å². The third-order valence-electron chi connectivity index (χ3n) is 4.74. The Labute approximate surface area is 196 Å². The molecular weight excluding hydrogens is 437 g/mol. The molecule has 8 nitrogen and oxygen atoms in total. The van der Waals surface area contributed by atoms with E-state index in [2.05, 4.69) is 20.7 Å². The summed E-state index contributed by atoms with van der Waals surface area (Å²) >= 11 is 0.